The molecule has 1 saturated heterocycles. The monoisotopic (exact) mass is 156 g/mol. The molecule has 2 unspecified atom stereocenters. The van der Waals surface area contributed by atoms with Gasteiger partial charge in [0.2, 0.25) is 0 Å². The van der Waals surface area contributed by atoms with Crippen LogP contribution in [0.3, 0.4) is 0 Å². The molecule has 0 aromatic heterocycles. The predicted octanol–water partition coefficient (Wildman–Crippen LogP) is 1.21. The summed E-state index contributed by atoms with van der Waals surface area (Å²) in [6.45, 7) is 7.97. The van der Waals surface area contributed by atoms with E-state index in [1.165, 1.54) is 13.0 Å². The van der Waals surface area contributed by atoms with Gasteiger partial charge in [0.1, 0.15) is 0 Å². The second-order valence-electron chi connectivity index (χ2n) is 3.97. The molecule has 1 rings (SSSR count). The molecule has 1 aliphatic heterocycles. The van der Waals surface area contributed by atoms with Gasteiger partial charge in [-0.2, -0.15) is 0 Å². The van der Waals surface area contributed by atoms with Gasteiger partial charge in [-0.3, -0.25) is 4.90 Å². The molecule has 0 aromatic rings. The first-order valence-corrected chi connectivity index (χ1v) is 4.62. The van der Waals surface area contributed by atoms with Gasteiger partial charge in [0.25, 0.3) is 0 Å². The predicted molar refractivity (Wildman–Crippen MR) is 48.5 cm³/mol. The van der Waals surface area contributed by atoms with Crippen LogP contribution < -0.4 is 5.73 Å². The van der Waals surface area contributed by atoms with Crippen LogP contribution >= 0.6 is 0 Å². The smallest absolute Gasteiger partial charge is 0.00843 e. The quantitative estimate of drug-likeness (QED) is 0.618. The van der Waals surface area contributed by atoms with E-state index in [0.29, 0.717) is 18.1 Å². The van der Waals surface area contributed by atoms with Crippen LogP contribution in [0.1, 0.15) is 33.6 Å². The summed E-state index contributed by atoms with van der Waals surface area (Å²) >= 11 is 0. The van der Waals surface area contributed by atoms with E-state index < -0.39 is 0 Å². The first-order valence-electron chi connectivity index (χ1n) is 4.62. The Hall–Kier alpha value is -0.0800. The highest BCUT2D eigenvalue weighted by atomic mass is 15.2. The van der Waals surface area contributed by atoms with Crippen LogP contribution in [0.2, 0.25) is 0 Å². The highest BCUT2D eigenvalue weighted by molar-refractivity contribution is 4.82. The third kappa shape index (κ3) is 2.17. The molecule has 0 amide bonds. The second kappa shape index (κ2) is 3.55. The largest absolute Gasteiger partial charge is 0.328 e. The Kier molecular flexibility index (Phi) is 2.90. The highest BCUT2D eigenvalue weighted by Crippen LogP contribution is 2.17. The molecule has 0 aromatic carbocycles. The van der Waals surface area contributed by atoms with E-state index in [1.807, 2.05) is 0 Å². The van der Waals surface area contributed by atoms with Gasteiger partial charge in [-0.25, -0.2) is 0 Å². The third-order valence-electron chi connectivity index (χ3n) is 2.63. The summed E-state index contributed by atoms with van der Waals surface area (Å²) in [7, 11) is 0. The minimum atomic E-state index is 0.444. The van der Waals surface area contributed by atoms with Crippen molar-refractivity contribution in [3.05, 3.63) is 0 Å². The SMILES string of the molecule is CC(C)N1CCC(N)CC1C. The summed E-state index contributed by atoms with van der Waals surface area (Å²) in [4.78, 5) is 2.53. The average Bonchev–Trinajstić information content (AvgIpc) is 1.85. The Balaban J connectivity index is 2.44. The van der Waals surface area contributed by atoms with E-state index in [9.17, 15) is 0 Å². The van der Waals surface area contributed by atoms with Crippen LogP contribution in [0, 0.1) is 0 Å². The summed E-state index contributed by atoms with van der Waals surface area (Å²) in [6.07, 6.45) is 2.33. The number of piperidine rings is 1. The van der Waals surface area contributed by atoms with Gasteiger partial charge in [-0.05, 0) is 33.6 Å². The summed E-state index contributed by atoms with van der Waals surface area (Å²) in [6, 6.07) is 1.80. The fourth-order valence-corrected chi connectivity index (χ4v) is 1.99. The molecule has 0 saturated carbocycles. The summed E-state index contributed by atoms with van der Waals surface area (Å²) in [5, 5.41) is 0. The van der Waals surface area contributed by atoms with E-state index in [0.717, 1.165) is 6.42 Å². The number of nitrogens with zero attached hydrogens (tertiary/aromatic N) is 1. The summed E-state index contributed by atoms with van der Waals surface area (Å²) in [5.41, 5.74) is 5.86. The topological polar surface area (TPSA) is 29.3 Å². The van der Waals surface area contributed by atoms with Crippen molar-refractivity contribution in [3.63, 3.8) is 0 Å². The molecular formula is C9H20N2. The van der Waals surface area contributed by atoms with Crippen molar-refractivity contribution in [3.8, 4) is 0 Å². The van der Waals surface area contributed by atoms with Gasteiger partial charge in [0.15, 0.2) is 0 Å². The molecule has 2 N–H and O–H groups in total. The zero-order valence-corrected chi connectivity index (χ0v) is 7.88. The fraction of sp³-hybridized carbons (Fsp3) is 1.00. The van der Waals surface area contributed by atoms with Crippen molar-refractivity contribution in [1.29, 1.82) is 0 Å². The molecule has 1 heterocycles. The lowest BCUT2D eigenvalue weighted by Gasteiger charge is -2.39. The lowest BCUT2D eigenvalue weighted by Crippen LogP contribution is -2.48. The molecule has 66 valence electrons. The zero-order chi connectivity index (χ0) is 8.43. The Bertz CT molecular complexity index is 123. The first kappa shape index (κ1) is 9.01. The van der Waals surface area contributed by atoms with Gasteiger partial charge in [-0.15, -0.1) is 0 Å². The molecule has 1 fully saturated rings. The molecular weight excluding hydrogens is 136 g/mol. The minimum absolute atomic E-state index is 0.444. The molecule has 0 bridgehead atoms. The number of rotatable bonds is 1. The van der Waals surface area contributed by atoms with Gasteiger partial charge in [-0.1, -0.05) is 0 Å². The van der Waals surface area contributed by atoms with Crippen molar-refractivity contribution in [1.82, 2.24) is 4.90 Å². The lowest BCUT2D eigenvalue weighted by molar-refractivity contribution is 0.113. The highest BCUT2D eigenvalue weighted by Gasteiger charge is 2.24. The minimum Gasteiger partial charge on any atom is -0.328 e. The van der Waals surface area contributed by atoms with E-state index in [2.05, 4.69) is 25.7 Å². The van der Waals surface area contributed by atoms with Crippen LogP contribution in [0.5, 0.6) is 0 Å². The number of nitrogens with two attached hydrogens (primary N) is 1. The molecule has 2 atom stereocenters. The number of hydrogen-bond acceptors (Lipinski definition) is 2. The Morgan fingerprint density at radius 1 is 1.45 bits per heavy atom. The van der Waals surface area contributed by atoms with Crippen LogP contribution in [0.4, 0.5) is 0 Å². The van der Waals surface area contributed by atoms with Gasteiger partial charge in [0.05, 0.1) is 0 Å². The summed E-state index contributed by atoms with van der Waals surface area (Å²) in [5.74, 6) is 0. The van der Waals surface area contributed by atoms with Crippen molar-refractivity contribution in [2.75, 3.05) is 6.54 Å². The van der Waals surface area contributed by atoms with E-state index in [1.54, 1.807) is 0 Å². The second-order valence-corrected chi connectivity index (χ2v) is 3.97. The number of likely N-dealkylation sites (tertiary alicyclic amines) is 1. The van der Waals surface area contributed by atoms with Crippen LogP contribution in [-0.4, -0.2) is 29.6 Å². The van der Waals surface area contributed by atoms with E-state index in [-0.39, 0.29) is 0 Å². The van der Waals surface area contributed by atoms with Crippen LogP contribution in [0.15, 0.2) is 0 Å². The standard InChI is InChI=1S/C9H20N2/c1-7(2)11-5-4-9(10)6-8(11)3/h7-9H,4-6,10H2,1-3H3. The number of hydrogen-bond donors (Lipinski definition) is 1. The molecule has 0 aliphatic carbocycles. The van der Waals surface area contributed by atoms with Crippen LogP contribution in [0.25, 0.3) is 0 Å². The lowest BCUT2D eigenvalue weighted by atomic mass is 9.98. The van der Waals surface area contributed by atoms with Crippen molar-refractivity contribution in [2.24, 2.45) is 5.73 Å². The fourth-order valence-electron chi connectivity index (χ4n) is 1.99. The first-order chi connectivity index (χ1) is 5.11. The summed E-state index contributed by atoms with van der Waals surface area (Å²) < 4.78 is 0. The molecule has 1 aliphatic rings. The maximum atomic E-state index is 5.86. The zero-order valence-electron chi connectivity index (χ0n) is 7.88. The van der Waals surface area contributed by atoms with Crippen molar-refractivity contribution >= 4 is 0 Å². The van der Waals surface area contributed by atoms with E-state index in [4.69, 9.17) is 5.73 Å². The van der Waals surface area contributed by atoms with Gasteiger partial charge >= 0.3 is 0 Å². The Labute approximate surface area is 69.8 Å². The van der Waals surface area contributed by atoms with Crippen molar-refractivity contribution < 1.29 is 0 Å². The van der Waals surface area contributed by atoms with Crippen molar-refractivity contribution in [2.45, 2.75) is 51.7 Å². The average molecular weight is 156 g/mol. The molecule has 0 radical (unpaired) electrons. The normalized spacial score (nSPS) is 34.6. The maximum Gasteiger partial charge on any atom is 0.00843 e. The Morgan fingerprint density at radius 2 is 2.09 bits per heavy atom. The van der Waals surface area contributed by atoms with Crippen LogP contribution in [-0.2, 0) is 0 Å². The maximum absolute atomic E-state index is 5.86. The molecule has 2 heteroatoms. The van der Waals surface area contributed by atoms with Gasteiger partial charge < -0.3 is 5.73 Å². The molecule has 0 spiro atoms. The molecule has 2 nitrogen and oxygen atoms in total. The molecule has 11 heavy (non-hydrogen) atoms. The Morgan fingerprint density at radius 3 is 2.55 bits per heavy atom. The van der Waals surface area contributed by atoms with Gasteiger partial charge in [0, 0.05) is 24.7 Å². The third-order valence-corrected chi connectivity index (χ3v) is 2.63. The van der Waals surface area contributed by atoms with E-state index >= 15 is 0 Å².